The zero-order chi connectivity index (χ0) is 17.1. The van der Waals surface area contributed by atoms with Crippen LogP contribution in [0.3, 0.4) is 0 Å². The molecule has 7 heteroatoms. The van der Waals surface area contributed by atoms with Gasteiger partial charge in [0.25, 0.3) is 5.91 Å². The van der Waals surface area contributed by atoms with Crippen molar-refractivity contribution in [3.05, 3.63) is 24.0 Å². The van der Waals surface area contributed by atoms with Gasteiger partial charge in [-0.3, -0.25) is 4.79 Å². The average molecular weight is 330 g/mol. The quantitative estimate of drug-likeness (QED) is 0.880. The first-order chi connectivity index (χ1) is 11.6. The van der Waals surface area contributed by atoms with Crippen LogP contribution in [0, 0.1) is 0 Å². The molecule has 24 heavy (non-hydrogen) atoms. The Morgan fingerprint density at radius 2 is 2.33 bits per heavy atom. The third kappa shape index (κ3) is 3.34. The molecule has 1 atom stereocenters. The number of aromatic amines is 1. The van der Waals surface area contributed by atoms with E-state index in [1.807, 2.05) is 25.1 Å². The molecule has 0 bridgehead atoms. The largest absolute Gasteiger partial charge is 0.497 e. The van der Waals surface area contributed by atoms with Crippen molar-refractivity contribution in [2.75, 3.05) is 20.7 Å². The van der Waals surface area contributed by atoms with E-state index in [1.54, 1.807) is 19.1 Å². The number of amides is 1. The summed E-state index contributed by atoms with van der Waals surface area (Å²) in [5.74, 6) is 1.59. The van der Waals surface area contributed by atoms with Crippen LogP contribution < -0.4 is 4.74 Å². The van der Waals surface area contributed by atoms with Crippen LogP contribution in [-0.4, -0.2) is 53.3 Å². The van der Waals surface area contributed by atoms with Gasteiger partial charge in [0.2, 0.25) is 6.10 Å². The second-order valence-corrected chi connectivity index (χ2v) is 5.89. The van der Waals surface area contributed by atoms with Crippen LogP contribution in [0.15, 0.2) is 23.4 Å². The van der Waals surface area contributed by atoms with Gasteiger partial charge in [0, 0.05) is 32.5 Å². The van der Waals surface area contributed by atoms with Crippen LogP contribution in [0.2, 0.25) is 0 Å². The number of likely N-dealkylation sites (N-methyl/N-ethyl adjacent to an activating group) is 1. The van der Waals surface area contributed by atoms with Crippen molar-refractivity contribution in [3.8, 4) is 5.75 Å². The minimum Gasteiger partial charge on any atom is -0.497 e. The number of benzene rings is 1. The first kappa shape index (κ1) is 16.3. The third-order valence-electron chi connectivity index (χ3n) is 4.21. The highest BCUT2D eigenvalue weighted by molar-refractivity contribution is 5.92. The number of oxime groups is 1. The molecule has 0 saturated heterocycles. The highest BCUT2D eigenvalue weighted by Crippen LogP contribution is 2.19. The van der Waals surface area contributed by atoms with Gasteiger partial charge in [-0.2, -0.15) is 0 Å². The Balaban J connectivity index is 1.58. The highest BCUT2D eigenvalue weighted by Gasteiger charge is 2.29. The topological polar surface area (TPSA) is 79.8 Å². The molecule has 1 N–H and O–H groups in total. The van der Waals surface area contributed by atoms with Crippen LogP contribution in [-0.2, 0) is 16.1 Å². The number of hydrogen-bond donors (Lipinski definition) is 1. The molecule has 0 aliphatic carbocycles. The summed E-state index contributed by atoms with van der Waals surface area (Å²) in [7, 11) is 3.42. The number of rotatable bonds is 6. The average Bonchev–Trinajstić information content (AvgIpc) is 3.24. The Morgan fingerprint density at radius 3 is 3.04 bits per heavy atom. The number of aromatic nitrogens is 2. The molecule has 1 unspecified atom stereocenters. The SMILES string of the molecule is CCC1=NOC(C(=O)N(C)CCc2nc3ccc(OC)cc3[nH]2)C1. The number of methoxy groups -OCH3 is 1. The lowest BCUT2D eigenvalue weighted by Crippen LogP contribution is -2.37. The van der Waals surface area contributed by atoms with Crippen LogP contribution in [0.5, 0.6) is 5.75 Å². The van der Waals surface area contributed by atoms with Gasteiger partial charge in [0.15, 0.2) is 0 Å². The van der Waals surface area contributed by atoms with E-state index in [2.05, 4.69) is 15.1 Å². The summed E-state index contributed by atoms with van der Waals surface area (Å²) in [5, 5.41) is 3.94. The Bertz CT molecular complexity index is 768. The molecule has 2 heterocycles. The lowest BCUT2D eigenvalue weighted by molar-refractivity contribution is -0.140. The first-order valence-electron chi connectivity index (χ1n) is 8.10. The van der Waals surface area contributed by atoms with Gasteiger partial charge < -0.3 is 19.5 Å². The van der Waals surface area contributed by atoms with Gasteiger partial charge in [0.05, 0.1) is 23.9 Å². The Kier molecular flexibility index (Phi) is 4.69. The molecular formula is C17H22N4O3. The molecule has 0 saturated carbocycles. The van der Waals surface area contributed by atoms with Gasteiger partial charge in [-0.15, -0.1) is 0 Å². The van der Waals surface area contributed by atoms with E-state index in [1.165, 1.54) is 0 Å². The fraction of sp³-hybridized carbons (Fsp3) is 0.471. The minimum atomic E-state index is -0.482. The lowest BCUT2D eigenvalue weighted by Gasteiger charge is -2.19. The maximum absolute atomic E-state index is 12.4. The monoisotopic (exact) mass is 330 g/mol. The number of hydrogen-bond acceptors (Lipinski definition) is 5. The molecule has 1 aromatic heterocycles. The summed E-state index contributed by atoms with van der Waals surface area (Å²) in [5.41, 5.74) is 2.76. The maximum atomic E-state index is 12.4. The molecule has 2 aromatic rings. The van der Waals surface area contributed by atoms with E-state index in [0.717, 1.165) is 34.7 Å². The number of fused-ring (bicyclic) bond motifs is 1. The molecule has 128 valence electrons. The molecule has 1 aromatic carbocycles. The molecule has 1 aliphatic heterocycles. The fourth-order valence-electron chi connectivity index (χ4n) is 2.68. The van der Waals surface area contributed by atoms with Crippen molar-refractivity contribution in [3.63, 3.8) is 0 Å². The van der Waals surface area contributed by atoms with Crippen molar-refractivity contribution in [1.29, 1.82) is 0 Å². The summed E-state index contributed by atoms with van der Waals surface area (Å²) in [4.78, 5) is 27.1. The summed E-state index contributed by atoms with van der Waals surface area (Å²) in [6.07, 6.45) is 1.57. The van der Waals surface area contributed by atoms with Crippen molar-refractivity contribution < 1.29 is 14.4 Å². The molecule has 0 fully saturated rings. The van der Waals surface area contributed by atoms with Gasteiger partial charge in [-0.25, -0.2) is 4.98 Å². The Hall–Kier alpha value is -2.57. The van der Waals surface area contributed by atoms with E-state index in [-0.39, 0.29) is 5.91 Å². The zero-order valence-corrected chi connectivity index (χ0v) is 14.2. The van der Waals surface area contributed by atoms with Crippen molar-refractivity contribution in [2.24, 2.45) is 5.16 Å². The van der Waals surface area contributed by atoms with Crippen LogP contribution in [0.25, 0.3) is 11.0 Å². The normalized spacial score (nSPS) is 16.8. The van der Waals surface area contributed by atoms with Crippen LogP contribution in [0.4, 0.5) is 0 Å². The van der Waals surface area contributed by atoms with Gasteiger partial charge >= 0.3 is 0 Å². The third-order valence-corrected chi connectivity index (χ3v) is 4.21. The highest BCUT2D eigenvalue weighted by atomic mass is 16.6. The summed E-state index contributed by atoms with van der Waals surface area (Å²) in [6, 6.07) is 5.71. The molecule has 7 nitrogen and oxygen atoms in total. The summed E-state index contributed by atoms with van der Waals surface area (Å²) in [6.45, 7) is 2.58. The predicted molar refractivity (Wildman–Crippen MR) is 91.2 cm³/mol. The van der Waals surface area contributed by atoms with Crippen molar-refractivity contribution in [1.82, 2.24) is 14.9 Å². The van der Waals surface area contributed by atoms with E-state index in [4.69, 9.17) is 9.57 Å². The van der Waals surface area contributed by atoms with Crippen LogP contribution in [0.1, 0.15) is 25.6 Å². The summed E-state index contributed by atoms with van der Waals surface area (Å²) >= 11 is 0. The van der Waals surface area contributed by atoms with Gasteiger partial charge in [-0.1, -0.05) is 12.1 Å². The standard InChI is InChI=1S/C17H22N4O3/c1-4-11-9-15(24-20-11)17(22)21(2)8-7-16-18-13-6-5-12(23-3)10-14(13)19-16/h5-6,10,15H,4,7-9H2,1-3H3,(H,18,19). The second-order valence-electron chi connectivity index (χ2n) is 5.89. The number of H-pyrrole nitrogens is 1. The Labute approximate surface area is 140 Å². The number of imidazole rings is 1. The van der Waals surface area contributed by atoms with E-state index >= 15 is 0 Å². The molecule has 1 amide bonds. The molecule has 0 spiro atoms. The van der Waals surface area contributed by atoms with Gasteiger partial charge in [-0.05, 0) is 18.6 Å². The number of carbonyl (C=O) groups excluding carboxylic acids is 1. The van der Waals surface area contributed by atoms with E-state index in [9.17, 15) is 4.79 Å². The number of nitrogens with zero attached hydrogens (tertiary/aromatic N) is 3. The molecule has 3 rings (SSSR count). The Morgan fingerprint density at radius 1 is 1.50 bits per heavy atom. The second kappa shape index (κ2) is 6.90. The predicted octanol–water partition coefficient (Wildman–Crippen LogP) is 2.13. The van der Waals surface area contributed by atoms with Gasteiger partial charge in [0.1, 0.15) is 11.6 Å². The maximum Gasteiger partial charge on any atom is 0.266 e. The van der Waals surface area contributed by atoms with Crippen molar-refractivity contribution >= 4 is 22.7 Å². The molecule has 1 aliphatic rings. The first-order valence-corrected chi connectivity index (χ1v) is 8.10. The number of nitrogens with one attached hydrogen (secondary N) is 1. The fourth-order valence-corrected chi connectivity index (χ4v) is 2.68. The molecular weight excluding hydrogens is 308 g/mol. The van der Waals surface area contributed by atoms with Crippen molar-refractivity contribution in [2.45, 2.75) is 32.3 Å². The molecule has 0 radical (unpaired) electrons. The van der Waals surface area contributed by atoms with E-state index < -0.39 is 6.10 Å². The smallest absolute Gasteiger partial charge is 0.266 e. The number of ether oxygens (including phenoxy) is 1. The number of carbonyl (C=O) groups is 1. The van der Waals surface area contributed by atoms with Crippen LogP contribution >= 0.6 is 0 Å². The minimum absolute atomic E-state index is 0.0417. The zero-order valence-electron chi connectivity index (χ0n) is 14.2. The summed E-state index contributed by atoms with van der Waals surface area (Å²) < 4.78 is 5.21. The van der Waals surface area contributed by atoms with E-state index in [0.29, 0.717) is 19.4 Å². The lowest BCUT2D eigenvalue weighted by atomic mass is 10.1.